The molecule has 0 saturated carbocycles. The van der Waals surface area contributed by atoms with Gasteiger partial charge in [0.05, 0.1) is 11.3 Å². The van der Waals surface area contributed by atoms with Gasteiger partial charge in [-0.1, -0.05) is 18.2 Å². The highest BCUT2D eigenvalue weighted by Crippen LogP contribution is 2.35. The molecule has 3 nitrogen and oxygen atoms in total. The van der Waals surface area contributed by atoms with Gasteiger partial charge in [0, 0.05) is 11.8 Å². The van der Waals surface area contributed by atoms with Crippen LogP contribution in [0.1, 0.15) is 5.56 Å². The van der Waals surface area contributed by atoms with Crippen LogP contribution in [-0.2, 0) is 6.18 Å². The number of nitrogens with one attached hydrogen (secondary N) is 2. The highest BCUT2D eigenvalue weighted by Gasteiger charge is 2.33. The Morgan fingerprint density at radius 1 is 1.12 bits per heavy atom. The predicted octanol–water partition coefficient (Wildman–Crippen LogP) is 2.39. The molecule has 0 amide bonds. The average molecular weight is 228 g/mol. The van der Waals surface area contributed by atoms with E-state index in [9.17, 15) is 18.0 Å². The van der Waals surface area contributed by atoms with Crippen LogP contribution in [0.2, 0.25) is 0 Å². The van der Waals surface area contributed by atoms with Gasteiger partial charge >= 0.3 is 11.9 Å². The third-order valence-corrected chi connectivity index (χ3v) is 2.12. The molecular formula is C10H7F3N2O. The van der Waals surface area contributed by atoms with E-state index in [0.29, 0.717) is 0 Å². The Morgan fingerprint density at radius 2 is 1.81 bits per heavy atom. The van der Waals surface area contributed by atoms with Gasteiger partial charge in [-0.15, -0.1) is 0 Å². The molecule has 0 aliphatic carbocycles. The van der Waals surface area contributed by atoms with Crippen LogP contribution >= 0.6 is 0 Å². The van der Waals surface area contributed by atoms with Crippen molar-refractivity contribution >= 4 is 0 Å². The summed E-state index contributed by atoms with van der Waals surface area (Å²) in [4.78, 5) is 15.4. The van der Waals surface area contributed by atoms with Crippen LogP contribution in [0.3, 0.4) is 0 Å². The van der Waals surface area contributed by atoms with E-state index in [0.717, 1.165) is 6.07 Å². The molecule has 0 aliphatic rings. The van der Waals surface area contributed by atoms with Gasteiger partial charge in [0.25, 0.3) is 0 Å². The lowest BCUT2D eigenvalue weighted by Gasteiger charge is -2.10. The van der Waals surface area contributed by atoms with Gasteiger partial charge in [0.2, 0.25) is 0 Å². The smallest absolute Gasteiger partial charge is 0.312 e. The summed E-state index contributed by atoms with van der Waals surface area (Å²) in [6.45, 7) is 0. The second-order valence-electron chi connectivity index (χ2n) is 3.20. The number of benzene rings is 1. The molecule has 84 valence electrons. The minimum Gasteiger partial charge on any atom is -0.312 e. The van der Waals surface area contributed by atoms with Gasteiger partial charge < -0.3 is 9.97 Å². The maximum atomic E-state index is 12.6. The van der Waals surface area contributed by atoms with Crippen LogP contribution < -0.4 is 5.69 Å². The molecule has 6 heteroatoms. The Kier molecular flexibility index (Phi) is 2.34. The lowest BCUT2D eigenvalue weighted by molar-refractivity contribution is -0.137. The van der Waals surface area contributed by atoms with Crippen molar-refractivity contribution in [1.82, 2.24) is 9.97 Å². The summed E-state index contributed by atoms with van der Waals surface area (Å²) in [5.41, 5.74) is -1.23. The number of aromatic nitrogens is 2. The normalized spacial score (nSPS) is 11.7. The van der Waals surface area contributed by atoms with E-state index in [1.807, 2.05) is 0 Å². The Balaban J connectivity index is 2.61. The van der Waals surface area contributed by atoms with Gasteiger partial charge in [-0.2, -0.15) is 13.2 Å². The molecule has 1 aromatic carbocycles. The summed E-state index contributed by atoms with van der Waals surface area (Å²) in [5, 5.41) is 0. The zero-order chi connectivity index (χ0) is 11.8. The molecule has 0 unspecified atom stereocenters. The van der Waals surface area contributed by atoms with Crippen molar-refractivity contribution in [3.63, 3.8) is 0 Å². The Hall–Kier alpha value is -1.98. The van der Waals surface area contributed by atoms with E-state index >= 15 is 0 Å². The lowest BCUT2D eigenvalue weighted by atomic mass is 10.1. The molecule has 2 rings (SSSR count). The van der Waals surface area contributed by atoms with E-state index < -0.39 is 17.4 Å². The SMILES string of the molecule is O=c1[nH]cc(-c2ccccc2C(F)(F)F)[nH]1. The molecule has 0 radical (unpaired) electrons. The van der Waals surface area contributed by atoms with Gasteiger partial charge in [-0.25, -0.2) is 4.79 Å². The molecule has 1 heterocycles. The Bertz CT molecular complexity index is 553. The highest BCUT2D eigenvalue weighted by molar-refractivity contribution is 5.63. The number of alkyl halides is 3. The Labute approximate surface area is 87.9 Å². The van der Waals surface area contributed by atoms with Crippen molar-refractivity contribution in [3.05, 3.63) is 46.5 Å². The van der Waals surface area contributed by atoms with Crippen LogP contribution in [0.15, 0.2) is 35.3 Å². The van der Waals surface area contributed by atoms with Crippen LogP contribution in [0, 0.1) is 0 Å². The first-order valence-corrected chi connectivity index (χ1v) is 4.43. The molecule has 16 heavy (non-hydrogen) atoms. The van der Waals surface area contributed by atoms with Gasteiger partial charge in [0.15, 0.2) is 0 Å². The van der Waals surface area contributed by atoms with Crippen LogP contribution in [0.4, 0.5) is 13.2 Å². The quantitative estimate of drug-likeness (QED) is 0.773. The topological polar surface area (TPSA) is 48.6 Å². The van der Waals surface area contributed by atoms with Crippen molar-refractivity contribution in [3.8, 4) is 11.3 Å². The van der Waals surface area contributed by atoms with Crippen LogP contribution in [0.5, 0.6) is 0 Å². The molecular weight excluding hydrogens is 221 g/mol. The van der Waals surface area contributed by atoms with Gasteiger partial charge in [-0.3, -0.25) is 0 Å². The molecule has 0 fully saturated rings. The van der Waals surface area contributed by atoms with Crippen molar-refractivity contribution in [2.24, 2.45) is 0 Å². The molecule has 0 atom stereocenters. The first-order chi connectivity index (χ1) is 7.48. The van der Waals surface area contributed by atoms with Crippen molar-refractivity contribution in [2.45, 2.75) is 6.18 Å². The van der Waals surface area contributed by atoms with E-state index in [4.69, 9.17) is 0 Å². The van der Waals surface area contributed by atoms with Gasteiger partial charge in [-0.05, 0) is 6.07 Å². The largest absolute Gasteiger partial charge is 0.417 e. The fraction of sp³-hybridized carbons (Fsp3) is 0.100. The predicted molar refractivity (Wildman–Crippen MR) is 51.9 cm³/mol. The number of halogens is 3. The number of rotatable bonds is 1. The first kappa shape index (κ1) is 10.5. The standard InChI is InChI=1S/C10H7F3N2O/c11-10(12,13)7-4-2-1-3-6(7)8-5-14-9(16)15-8/h1-5H,(H2,14,15,16). The first-order valence-electron chi connectivity index (χ1n) is 4.43. The van der Waals surface area contributed by atoms with Crippen LogP contribution in [0.25, 0.3) is 11.3 Å². The third kappa shape index (κ3) is 1.86. The minimum atomic E-state index is -4.44. The maximum Gasteiger partial charge on any atom is 0.417 e. The summed E-state index contributed by atoms with van der Waals surface area (Å²) >= 11 is 0. The second kappa shape index (κ2) is 3.55. The summed E-state index contributed by atoms with van der Waals surface area (Å²) in [7, 11) is 0. The summed E-state index contributed by atoms with van der Waals surface area (Å²) in [6, 6.07) is 5.07. The van der Waals surface area contributed by atoms with Crippen molar-refractivity contribution in [2.75, 3.05) is 0 Å². The van der Waals surface area contributed by atoms with Crippen molar-refractivity contribution in [1.29, 1.82) is 0 Å². The van der Waals surface area contributed by atoms with E-state index in [-0.39, 0.29) is 11.3 Å². The zero-order valence-corrected chi connectivity index (χ0v) is 7.93. The van der Waals surface area contributed by atoms with E-state index in [1.54, 1.807) is 0 Å². The second-order valence-corrected chi connectivity index (χ2v) is 3.20. The molecule has 2 N–H and O–H groups in total. The summed E-state index contributed by atoms with van der Waals surface area (Å²) in [6.07, 6.45) is -3.22. The molecule has 2 aromatic rings. The Morgan fingerprint density at radius 3 is 2.38 bits per heavy atom. The average Bonchev–Trinajstić information content (AvgIpc) is 2.64. The minimum absolute atomic E-state index is 0.0478. The molecule has 1 aromatic heterocycles. The van der Waals surface area contributed by atoms with E-state index in [2.05, 4.69) is 9.97 Å². The zero-order valence-electron chi connectivity index (χ0n) is 7.93. The third-order valence-electron chi connectivity index (χ3n) is 2.12. The number of imidazole rings is 1. The van der Waals surface area contributed by atoms with Gasteiger partial charge in [0.1, 0.15) is 0 Å². The maximum absolute atomic E-state index is 12.6. The molecule has 0 spiro atoms. The number of aromatic amines is 2. The fourth-order valence-electron chi connectivity index (χ4n) is 1.44. The van der Waals surface area contributed by atoms with E-state index in [1.165, 1.54) is 24.4 Å². The number of hydrogen-bond donors (Lipinski definition) is 2. The van der Waals surface area contributed by atoms with Crippen LogP contribution in [-0.4, -0.2) is 9.97 Å². The molecule has 0 aliphatic heterocycles. The summed E-state index contributed by atoms with van der Waals surface area (Å²) < 4.78 is 37.9. The number of hydrogen-bond acceptors (Lipinski definition) is 1. The highest BCUT2D eigenvalue weighted by atomic mass is 19.4. The molecule has 0 saturated heterocycles. The fourth-order valence-corrected chi connectivity index (χ4v) is 1.44. The lowest BCUT2D eigenvalue weighted by Crippen LogP contribution is -2.07. The summed E-state index contributed by atoms with van der Waals surface area (Å²) in [5.74, 6) is 0. The van der Waals surface area contributed by atoms with Crippen molar-refractivity contribution < 1.29 is 13.2 Å². The molecule has 0 bridgehead atoms. The number of H-pyrrole nitrogens is 2. The monoisotopic (exact) mass is 228 g/mol.